The van der Waals surface area contributed by atoms with E-state index < -0.39 is 0 Å². The van der Waals surface area contributed by atoms with Gasteiger partial charge in [-0.15, -0.1) is 0 Å². The van der Waals surface area contributed by atoms with Crippen LogP contribution in [0.5, 0.6) is 0 Å². The predicted octanol–water partition coefficient (Wildman–Crippen LogP) is 1.75. The molecule has 2 heterocycles. The predicted molar refractivity (Wildman–Crippen MR) is 43.6 cm³/mol. The Labute approximate surface area is 66.6 Å². The van der Waals surface area contributed by atoms with Crippen molar-refractivity contribution >= 4 is 0 Å². The number of furan rings is 1. The molecule has 1 aromatic heterocycles. The Morgan fingerprint density at radius 1 is 1.36 bits per heavy atom. The molecule has 1 aromatic rings. The molecule has 0 bridgehead atoms. The number of rotatable bonds is 1. The molecule has 2 heteroatoms. The molecule has 0 saturated carbocycles. The molecule has 2 nitrogen and oxygen atoms in total. The van der Waals surface area contributed by atoms with E-state index in [1.54, 1.807) is 6.26 Å². The summed E-state index contributed by atoms with van der Waals surface area (Å²) in [5, 5.41) is 3.33. The summed E-state index contributed by atoms with van der Waals surface area (Å²) in [6.45, 7) is 2.26. The molecule has 0 amide bonds. The molecule has 1 aliphatic rings. The van der Waals surface area contributed by atoms with Crippen molar-refractivity contribution in [3.63, 3.8) is 0 Å². The average Bonchev–Trinajstić information content (AvgIpc) is 2.58. The lowest BCUT2D eigenvalue weighted by Crippen LogP contribution is -2.26. The van der Waals surface area contributed by atoms with Crippen molar-refractivity contribution < 1.29 is 4.42 Å². The summed E-state index contributed by atoms with van der Waals surface area (Å²) in [7, 11) is 0. The lowest BCUT2D eigenvalue weighted by atomic mass is 9.96. The van der Waals surface area contributed by atoms with E-state index in [2.05, 4.69) is 11.4 Å². The second kappa shape index (κ2) is 3.09. The van der Waals surface area contributed by atoms with Crippen LogP contribution in [0.25, 0.3) is 0 Å². The van der Waals surface area contributed by atoms with Crippen LogP contribution in [0.1, 0.15) is 24.5 Å². The maximum atomic E-state index is 5.35. The second-order valence-electron chi connectivity index (χ2n) is 3.04. The largest absolute Gasteiger partial charge is 0.469 e. The average molecular weight is 151 g/mol. The van der Waals surface area contributed by atoms with E-state index in [9.17, 15) is 0 Å². The topological polar surface area (TPSA) is 25.2 Å². The fraction of sp³-hybridized carbons (Fsp3) is 0.556. The van der Waals surface area contributed by atoms with E-state index in [0.717, 1.165) is 18.8 Å². The number of hydrogen-bond donors (Lipinski definition) is 1. The van der Waals surface area contributed by atoms with E-state index in [-0.39, 0.29) is 0 Å². The van der Waals surface area contributed by atoms with Gasteiger partial charge in [0.2, 0.25) is 0 Å². The van der Waals surface area contributed by atoms with Gasteiger partial charge in [-0.3, -0.25) is 0 Å². The fourth-order valence-electron chi connectivity index (χ4n) is 1.63. The first-order valence-corrected chi connectivity index (χ1v) is 4.21. The summed E-state index contributed by atoms with van der Waals surface area (Å²) in [6, 6.07) is 4.05. The van der Waals surface area contributed by atoms with Crippen LogP contribution in [0, 0.1) is 0 Å². The third-order valence-corrected chi connectivity index (χ3v) is 2.28. The molecule has 1 fully saturated rings. The molecule has 1 N–H and O–H groups in total. The highest BCUT2D eigenvalue weighted by molar-refractivity contribution is 5.06. The molecule has 0 spiro atoms. The van der Waals surface area contributed by atoms with Crippen molar-refractivity contribution in [2.45, 2.75) is 18.8 Å². The smallest absolute Gasteiger partial charge is 0.106 e. The molecular formula is C9H13NO. The summed E-state index contributed by atoms with van der Waals surface area (Å²) in [5.74, 6) is 1.82. The number of hydrogen-bond acceptors (Lipinski definition) is 2. The van der Waals surface area contributed by atoms with Gasteiger partial charge in [0.15, 0.2) is 0 Å². The van der Waals surface area contributed by atoms with E-state index in [1.165, 1.54) is 12.8 Å². The third kappa shape index (κ3) is 1.46. The van der Waals surface area contributed by atoms with Crippen LogP contribution in [-0.4, -0.2) is 13.1 Å². The number of piperidine rings is 1. The summed E-state index contributed by atoms with van der Waals surface area (Å²) < 4.78 is 5.35. The van der Waals surface area contributed by atoms with E-state index >= 15 is 0 Å². The molecule has 1 aliphatic heterocycles. The summed E-state index contributed by atoms with van der Waals surface area (Å²) in [4.78, 5) is 0. The van der Waals surface area contributed by atoms with Gasteiger partial charge in [0, 0.05) is 5.92 Å². The van der Waals surface area contributed by atoms with Gasteiger partial charge in [-0.25, -0.2) is 0 Å². The van der Waals surface area contributed by atoms with Crippen molar-refractivity contribution in [1.29, 1.82) is 0 Å². The van der Waals surface area contributed by atoms with E-state index in [4.69, 9.17) is 4.42 Å². The molecule has 0 unspecified atom stereocenters. The first-order valence-electron chi connectivity index (χ1n) is 4.21. The van der Waals surface area contributed by atoms with Crippen LogP contribution >= 0.6 is 0 Å². The normalized spacial score (nSPS) is 20.4. The van der Waals surface area contributed by atoms with Crippen LogP contribution in [0.2, 0.25) is 0 Å². The minimum Gasteiger partial charge on any atom is -0.469 e. The van der Waals surface area contributed by atoms with Gasteiger partial charge < -0.3 is 9.73 Å². The molecule has 0 aromatic carbocycles. The molecule has 0 atom stereocenters. The van der Waals surface area contributed by atoms with Gasteiger partial charge in [0.05, 0.1) is 6.26 Å². The van der Waals surface area contributed by atoms with Gasteiger partial charge in [-0.2, -0.15) is 0 Å². The highest BCUT2D eigenvalue weighted by Crippen LogP contribution is 2.24. The lowest BCUT2D eigenvalue weighted by molar-refractivity contribution is 0.386. The van der Waals surface area contributed by atoms with Gasteiger partial charge in [0.1, 0.15) is 5.76 Å². The van der Waals surface area contributed by atoms with Gasteiger partial charge in [-0.05, 0) is 38.1 Å². The molecule has 0 aliphatic carbocycles. The molecule has 0 radical (unpaired) electrons. The molecule has 1 saturated heterocycles. The van der Waals surface area contributed by atoms with E-state index in [1.807, 2.05) is 6.07 Å². The highest BCUT2D eigenvalue weighted by Gasteiger charge is 2.16. The monoisotopic (exact) mass is 151 g/mol. The van der Waals surface area contributed by atoms with Crippen molar-refractivity contribution in [2.75, 3.05) is 13.1 Å². The standard InChI is InChI=1S/C9H13NO/c1-2-9(11-7-1)8-3-5-10-6-4-8/h1-2,7-8,10H,3-6H2. The quantitative estimate of drug-likeness (QED) is 0.661. The molecular weight excluding hydrogens is 138 g/mol. The molecule has 60 valence electrons. The Morgan fingerprint density at radius 2 is 2.18 bits per heavy atom. The lowest BCUT2D eigenvalue weighted by Gasteiger charge is -2.20. The third-order valence-electron chi connectivity index (χ3n) is 2.28. The van der Waals surface area contributed by atoms with Crippen LogP contribution in [0.15, 0.2) is 22.8 Å². The minimum atomic E-state index is 0.659. The summed E-state index contributed by atoms with van der Waals surface area (Å²) in [6.07, 6.45) is 4.19. The highest BCUT2D eigenvalue weighted by atomic mass is 16.3. The second-order valence-corrected chi connectivity index (χ2v) is 3.04. The van der Waals surface area contributed by atoms with Gasteiger partial charge in [0.25, 0.3) is 0 Å². The Balaban J connectivity index is 2.04. The summed E-state index contributed by atoms with van der Waals surface area (Å²) >= 11 is 0. The van der Waals surface area contributed by atoms with Crippen molar-refractivity contribution in [2.24, 2.45) is 0 Å². The zero-order valence-corrected chi connectivity index (χ0v) is 6.55. The Morgan fingerprint density at radius 3 is 2.82 bits per heavy atom. The fourth-order valence-corrected chi connectivity index (χ4v) is 1.63. The Kier molecular flexibility index (Phi) is 1.95. The molecule has 11 heavy (non-hydrogen) atoms. The van der Waals surface area contributed by atoms with Crippen LogP contribution in [0.4, 0.5) is 0 Å². The van der Waals surface area contributed by atoms with E-state index in [0.29, 0.717) is 5.92 Å². The zero-order chi connectivity index (χ0) is 7.52. The molecule has 2 rings (SSSR count). The minimum absolute atomic E-state index is 0.659. The van der Waals surface area contributed by atoms with Crippen LogP contribution in [-0.2, 0) is 0 Å². The van der Waals surface area contributed by atoms with Crippen LogP contribution in [0.3, 0.4) is 0 Å². The van der Waals surface area contributed by atoms with Crippen molar-refractivity contribution in [3.8, 4) is 0 Å². The summed E-state index contributed by atoms with van der Waals surface area (Å²) in [5.41, 5.74) is 0. The number of nitrogens with one attached hydrogen (secondary N) is 1. The van der Waals surface area contributed by atoms with Crippen molar-refractivity contribution in [1.82, 2.24) is 5.32 Å². The van der Waals surface area contributed by atoms with Crippen LogP contribution < -0.4 is 5.32 Å². The maximum absolute atomic E-state index is 5.35. The zero-order valence-electron chi connectivity index (χ0n) is 6.55. The first kappa shape index (κ1) is 6.92. The maximum Gasteiger partial charge on any atom is 0.106 e. The SMILES string of the molecule is c1coc(C2CCNCC2)c1. The van der Waals surface area contributed by atoms with Gasteiger partial charge >= 0.3 is 0 Å². The Bertz CT molecular complexity index is 199. The van der Waals surface area contributed by atoms with Gasteiger partial charge in [-0.1, -0.05) is 0 Å². The Hall–Kier alpha value is -0.760. The first-order chi connectivity index (χ1) is 5.47. The van der Waals surface area contributed by atoms with Crippen molar-refractivity contribution in [3.05, 3.63) is 24.2 Å².